The Kier molecular flexibility index (Phi) is 4.07. The second-order valence-corrected chi connectivity index (χ2v) is 4.37. The summed E-state index contributed by atoms with van der Waals surface area (Å²) in [6, 6.07) is 12.0. The van der Waals surface area contributed by atoms with Gasteiger partial charge in [-0.3, -0.25) is 5.43 Å². The van der Waals surface area contributed by atoms with Gasteiger partial charge in [0.1, 0.15) is 5.75 Å². The second-order valence-electron chi connectivity index (χ2n) is 3.56. The molecule has 0 fully saturated rings. The molecule has 5 heteroatoms. The van der Waals surface area contributed by atoms with Crippen molar-refractivity contribution < 1.29 is 5.11 Å². The molecule has 0 saturated carbocycles. The summed E-state index contributed by atoms with van der Waals surface area (Å²) in [6.45, 7) is 0. The normalized spacial score (nSPS) is 10.8. The summed E-state index contributed by atoms with van der Waals surface area (Å²) in [5, 5.41) is 14.5. The summed E-state index contributed by atoms with van der Waals surface area (Å²) in [6.07, 6.45) is 1.53. The molecule has 0 heterocycles. The Morgan fingerprint density at radius 1 is 1.06 bits per heavy atom. The molecule has 0 aliphatic carbocycles. The van der Waals surface area contributed by atoms with Crippen molar-refractivity contribution in [3.63, 3.8) is 0 Å². The highest BCUT2D eigenvalue weighted by Gasteiger charge is 1.98. The van der Waals surface area contributed by atoms with Crippen LogP contribution in [0, 0.1) is 0 Å². The maximum absolute atomic E-state index is 9.53. The first kappa shape index (κ1) is 12.7. The van der Waals surface area contributed by atoms with Crippen molar-refractivity contribution in [1.82, 2.24) is 0 Å². The monoisotopic (exact) mass is 280 g/mol. The van der Waals surface area contributed by atoms with E-state index in [1.807, 2.05) is 6.07 Å². The van der Waals surface area contributed by atoms with Crippen LogP contribution in [0.3, 0.4) is 0 Å². The number of phenols is 1. The molecule has 2 rings (SSSR count). The number of anilines is 1. The fourth-order valence-corrected chi connectivity index (χ4v) is 1.64. The highest BCUT2D eigenvalue weighted by molar-refractivity contribution is 6.42. The third kappa shape index (κ3) is 3.15. The molecule has 0 aliphatic heterocycles. The third-order valence-corrected chi connectivity index (χ3v) is 2.99. The Balaban J connectivity index is 2.07. The van der Waals surface area contributed by atoms with Gasteiger partial charge in [-0.15, -0.1) is 0 Å². The number of halogens is 2. The van der Waals surface area contributed by atoms with E-state index in [2.05, 4.69) is 10.5 Å². The van der Waals surface area contributed by atoms with E-state index in [0.717, 1.165) is 5.69 Å². The van der Waals surface area contributed by atoms with E-state index in [4.69, 9.17) is 23.2 Å². The number of nitrogens with one attached hydrogen (secondary N) is 1. The summed E-state index contributed by atoms with van der Waals surface area (Å²) in [7, 11) is 0. The minimum absolute atomic E-state index is 0.178. The predicted octanol–water partition coefficient (Wildman–Crippen LogP) is 4.15. The van der Waals surface area contributed by atoms with Gasteiger partial charge in [0, 0.05) is 5.56 Å². The third-order valence-electron chi connectivity index (χ3n) is 2.25. The predicted molar refractivity (Wildman–Crippen MR) is 75.8 cm³/mol. The Hall–Kier alpha value is -1.71. The van der Waals surface area contributed by atoms with Gasteiger partial charge in [0.05, 0.1) is 21.9 Å². The SMILES string of the molecule is Oc1ccccc1/C=N\Nc1ccc(Cl)c(Cl)c1. The lowest BCUT2D eigenvalue weighted by Crippen LogP contribution is -1.90. The van der Waals surface area contributed by atoms with Crippen molar-refractivity contribution >= 4 is 35.1 Å². The zero-order valence-electron chi connectivity index (χ0n) is 9.27. The molecule has 0 radical (unpaired) electrons. The average Bonchev–Trinajstić information content (AvgIpc) is 2.36. The van der Waals surface area contributed by atoms with Crippen LogP contribution in [0.2, 0.25) is 10.0 Å². The molecule has 2 aromatic rings. The molecule has 0 saturated heterocycles. The lowest BCUT2D eigenvalue weighted by atomic mass is 10.2. The van der Waals surface area contributed by atoms with Gasteiger partial charge in [-0.05, 0) is 30.3 Å². The van der Waals surface area contributed by atoms with E-state index in [1.165, 1.54) is 6.21 Å². The van der Waals surface area contributed by atoms with E-state index < -0.39 is 0 Å². The molecule has 0 aromatic heterocycles. The summed E-state index contributed by atoms with van der Waals surface area (Å²) in [4.78, 5) is 0. The second kappa shape index (κ2) is 5.76. The highest BCUT2D eigenvalue weighted by Crippen LogP contribution is 2.25. The summed E-state index contributed by atoms with van der Waals surface area (Å²) in [5.41, 5.74) is 4.15. The van der Waals surface area contributed by atoms with E-state index in [9.17, 15) is 5.11 Å². The minimum atomic E-state index is 0.178. The maximum atomic E-state index is 9.53. The van der Waals surface area contributed by atoms with Crippen LogP contribution in [0.15, 0.2) is 47.6 Å². The number of nitrogens with zero attached hydrogens (tertiary/aromatic N) is 1. The average molecular weight is 281 g/mol. The van der Waals surface area contributed by atoms with E-state index >= 15 is 0 Å². The quantitative estimate of drug-likeness (QED) is 0.655. The standard InChI is InChI=1S/C13H10Cl2N2O/c14-11-6-5-10(7-12(11)15)17-16-8-9-3-1-2-4-13(9)18/h1-8,17-18H/b16-8-. The molecule has 0 bridgehead atoms. The molecular weight excluding hydrogens is 271 g/mol. The lowest BCUT2D eigenvalue weighted by molar-refractivity contribution is 0.474. The summed E-state index contributed by atoms with van der Waals surface area (Å²) < 4.78 is 0. The van der Waals surface area contributed by atoms with Crippen LogP contribution in [0.5, 0.6) is 5.75 Å². The van der Waals surface area contributed by atoms with E-state index in [-0.39, 0.29) is 5.75 Å². The van der Waals surface area contributed by atoms with Crippen LogP contribution in [-0.4, -0.2) is 11.3 Å². The molecule has 0 unspecified atom stereocenters. The van der Waals surface area contributed by atoms with Gasteiger partial charge in [0.2, 0.25) is 0 Å². The summed E-state index contributed by atoms with van der Waals surface area (Å²) in [5.74, 6) is 0.178. The van der Waals surface area contributed by atoms with Crippen molar-refractivity contribution in [2.24, 2.45) is 5.10 Å². The van der Waals surface area contributed by atoms with Gasteiger partial charge in [-0.1, -0.05) is 35.3 Å². The Labute approximate surface area is 115 Å². The maximum Gasteiger partial charge on any atom is 0.124 e. The largest absolute Gasteiger partial charge is 0.507 e. The number of hydrazone groups is 1. The van der Waals surface area contributed by atoms with Crippen LogP contribution >= 0.6 is 23.2 Å². The van der Waals surface area contributed by atoms with E-state index in [1.54, 1.807) is 36.4 Å². The van der Waals surface area contributed by atoms with Gasteiger partial charge < -0.3 is 5.11 Å². The Morgan fingerprint density at radius 3 is 2.56 bits per heavy atom. The van der Waals surface area contributed by atoms with Crippen LogP contribution in [0.4, 0.5) is 5.69 Å². The van der Waals surface area contributed by atoms with Gasteiger partial charge in [-0.2, -0.15) is 5.10 Å². The Bertz CT molecular complexity index is 585. The molecule has 2 N–H and O–H groups in total. The molecule has 3 nitrogen and oxygen atoms in total. The topological polar surface area (TPSA) is 44.6 Å². The number of para-hydroxylation sites is 1. The molecule has 0 amide bonds. The van der Waals surface area contributed by atoms with Crippen LogP contribution in [0.25, 0.3) is 0 Å². The van der Waals surface area contributed by atoms with Crippen LogP contribution in [-0.2, 0) is 0 Å². The number of phenolic OH excluding ortho intramolecular Hbond substituents is 1. The molecule has 0 spiro atoms. The molecule has 18 heavy (non-hydrogen) atoms. The lowest BCUT2D eigenvalue weighted by Gasteiger charge is -2.02. The van der Waals surface area contributed by atoms with Crippen LogP contribution < -0.4 is 5.43 Å². The van der Waals surface area contributed by atoms with E-state index in [0.29, 0.717) is 15.6 Å². The van der Waals surface area contributed by atoms with Crippen LogP contribution in [0.1, 0.15) is 5.56 Å². The van der Waals surface area contributed by atoms with Gasteiger partial charge in [0.15, 0.2) is 0 Å². The first-order valence-corrected chi connectivity index (χ1v) is 5.94. The van der Waals surface area contributed by atoms with Crippen molar-refractivity contribution in [1.29, 1.82) is 0 Å². The number of hydrogen-bond acceptors (Lipinski definition) is 3. The number of rotatable bonds is 3. The number of hydrogen-bond donors (Lipinski definition) is 2. The van der Waals surface area contributed by atoms with Crippen molar-refractivity contribution in [2.45, 2.75) is 0 Å². The van der Waals surface area contributed by atoms with Crippen molar-refractivity contribution in [3.05, 3.63) is 58.1 Å². The van der Waals surface area contributed by atoms with Gasteiger partial charge >= 0.3 is 0 Å². The fraction of sp³-hybridized carbons (Fsp3) is 0. The molecule has 92 valence electrons. The smallest absolute Gasteiger partial charge is 0.124 e. The van der Waals surface area contributed by atoms with Gasteiger partial charge in [0.25, 0.3) is 0 Å². The molecular formula is C13H10Cl2N2O. The molecule has 0 aliphatic rings. The van der Waals surface area contributed by atoms with Gasteiger partial charge in [-0.25, -0.2) is 0 Å². The zero-order valence-corrected chi connectivity index (χ0v) is 10.8. The minimum Gasteiger partial charge on any atom is -0.507 e. The number of aromatic hydroxyl groups is 1. The Morgan fingerprint density at radius 2 is 1.83 bits per heavy atom. The van der Waals surface area contributed by atoms with Crippen molar-refractivity contribution in [2.75, 3.05) is 5.43 Å². The first-order chi connectivity index (χ1) is 8.66. The highest BCUT2D eigenvalue weighted by atomic mass is 35.5. The zero-order chi connectivity index (χ0) is 13.0. The fourth-order valence-electron chi connectivity index (χ4n) is 1.34. The number of benzene rings is 2. The molecule has 2 aromatic carbocycles. The van der Waals surface area contributed by atoms with Crippen molar-refractivity contribution in [3.8, 4) is 5.75 Å². The summed E-state index contributed by atoms with van der Waals surface area (Å²) >= 11 is 11.7. The molecule has 0 atom stereocenters. The first-order valence-electron chi connectivity index (χ1n) is 5.19.